The van der Waals surface area contributed by atoms with Gasteiger partial charge in [-0.1, -0.05) is 18.5 Å². The summed E-state index contributed by atoms with van der Waals surface area (Å²) >= 11 is 0. The van der Waals surface area contributed by atoms with Crippen LogP contribution in [0.25, 0.3) is 0 Å². The minimum absolute atomic E-state index is 0.911. The van der Waals surface area contributed by atoms with E-state index in [1.807, 2.05) is 23.9 Å². The van der Waals surface area contributed by atoms with E-state index in [0.29, 0.717) is 0 Å². The second kappa shape index (κ2) is 4.60. The van der Waals surface area contributed by atoms with Gasteiger partial charge in [-0.05, 0) is 12.0 Å². The summed E-state index contributed by atoms with van der Waals surface area (Å²) in [6.45, 7) is 2.15. The molecule has 0 aliphatic carbocycles. The molecule has 70 valence electrons. The molecule has 0 saturated carbocycles. The van der Waals surface area contributed by atoms with Crippen LogP contribution < -0.4 is 4.57 Å². The highest BCUT2D eigenvalue weighted by atomic mass is 16.4. The highest BCUT2D eigenvalue weighted by molar-refractivity contribution is 5.74. The monoisotopic (exact) mass is 179 g/mol. The van der Waals surface area contributed by atoms with Gasteiger partial charge in [0.1, 0.15) is 13.3 Å². The zero-order valence-corrected chi connectivity index (χ0v) is 8.07. The van der Waals surface area contributed by atoms with E-state index in [4.69, 9.17) is 5.21 Å². The number of nitrogens with zero attached hydrogens (tertiary/aromatic N) is 2. The van der Waals surface area contributed by atoms with Crippen LogP contribution in [0.3, 0.4) is 0 Å². The standard InChI is InChI=1S/C10H14N2O/c1-3-4-9-5-6-12(2)10(7-9)8-11-13/h5-8H,3-4H2,1-2H3/p+1. The molecule has 3 heteroatoms. The summed E-state index contributed by atoms with van der Waals surface area (Å²) in [4.78, 5) is 0. The van der Waals surface area contributed by atoms with Crippen LogP contribution in [-0.2, 0) is 13.5 Å². The van der Waals surface area contributed by atoms with Gasteiger partial charge in [0.2, 0.25) is 5.69 Å². The molecule has 0 atom stereocenters. The smallest absolute Gasteiger partial charge is 0.227 e. The highest BCUT2D eigenvalue weighted by Crippen LogP contribution is 2.01. The van der Waals surface area contributed by atoms with Gasteiger partial charge in [-0.25, -0.2) is 4.57 Å². The molecular weight excluding hydrogens is 164 g/mol. The number of hydrogen-bond donors (Lipinski definition) is 1. The molecule has 0 saturated heterocycles. The van der Waals surface area contributed by atoms with Crippen LogP contribution in [0.1, 0.15) is 24.6 Å². The predicted octanol–water partition coefficient (Wildman–Crippen LogP) is 1.27. The summed E-state index contributed by atoms with van der Waals surface area (Å²) in [6.07, 6.45) is 5.61. The molecular formula is C10H15N2O+. The number of oxime groups is 1. The van der Waals surface area contributed by atoms with Gasteiger partial charge in [0, 0.05) is 12.1 Å². The topological polar surface area (TPSA) is 36.5 Å². The normalized spacial score (nSPS) is 10.9. The molecule has 3 nitrogen and oxygen atoms in total. The molecule has 1 heterocycles. The quantitative estimate of drug-likeness (QED) is 0.322. The third-order valence-corrected chi connectivity index (χ3v) is 1.98. The molecule has 0 aromatic carbocycles. The molecule has 0 radical (unpaired) electrons. The van der Waals surface area contributed by atoms with E-state index in [1.165, 1.54) is 11.8 Å². The fourth-order valence-electron chi connectivity index (χ4n) is 1.27. The van der Waals surface area contributed by atoms with Crippen LogP contribution in [0, 0.1) is 0 Å². The van der Waals surface area contributed by atoms with Crippen LogP contribution in [0.5, 0.6) is 0 Å². The van der Waals surface area contributed by atoms with Crippen molar-refractivity contribution >= 4 is 6.21 Å². The van der Waals surface area contributed by atoms with Crippen LogP contribution in [0.2, 0.25) is 0 Å². The Morgan fingerprint density at radius 1 is 1.62 bits per heavy atom. The van der Waals surface area contributed by atoms with Crippen LogP contribution in [0.4, 0.5) is 0 Å². The minimum Gasteiger partial charge on any atom is -0.411 e. The predicted molar refractivity (Wildman–Crippen MR) is 51.0 cm³/mol. The number of rotatable bonds is 3. The Labute approximate surface area is 78.3 Å². The van der Waals surface area contributed by atoms with E-state index in [0.717, 1.165) is 18.5 Å². The number of aromatic nitrogens is 1. The Morgan fingerprint density at radius 2 is 2.38 bits per heavy atom. The number of hydrogen-bond acceptors (Lipinski definition) is 2. The van der Waals surface area contributed by atoms with E-state index in [2.05, 4.69) is 18.1 Å². The second-order valence-electron chi connectivity index (χ2n) is 3.07. The largest absolute Gasteiger partial charge is 0.411 e. The maximum absolute atomic E-state index is 8.42. The van der Waals surface area contributed by atoms with E-state index in [-0.39, 0.29) is 0 Å². The molecule has 0 unspecified atom stereocenters. The average Bonchev–Trinajstić information content (AvgIpc) is 2.12. The lowest BCUT2D eigenvalue weighted by molar-refractivity contribution is -0.672. The third-order valence-electron chi connectivity index (χ3n) is 1.98. The van der Waals surface area contributed by atoms with Gasteiger partial charge in [-0.3, -0.25) is 0 Å². The number of aryl methyl sites for hydroxylation is 2. The first kappa shape index (κ1) is 9.71. The lowest BCUT2D eigenvalue weighted by Crippen LogP contribution is -2.33. The molecule has 0 fully saturated rings. The van der Waals surface area contributed by atoms with E-state index >= 15 is 0 Å². The Balaban J connectivity index is 2.96. The Kier molecular flexibility index (Phi) is 3.43. The van der Waals surface area contributed by atoms with Crippen molar-refractivity contribution in [3.8, 4) is 0 Å². The fourth-order valence-corrected chi connectivity index (χ4v) is 1.27. The third kappa shape index (κ3) is 2.54. The van der Waals surface area contributed by atoms with Crippen molar-refractivity contribution < 1.29 is 9.77 Å². The van der Waals surface area contributed by atoms with E-state index in [1.54, 1.807) is 0 Å². The lowest BCUT2D eigenvalue weighted by Gasteiger charge is -1.98. The Hall–Kier alpha value is -1.38. The number of pyridine rings is 1. The van der Waals surface area contributed by atoms with Crippen molar-refractivity contribution in [1.29, 1.82) is 0 Å². The maximum atomic E-state index is 8.42. The van der Waals surface area contributed by atoms with Crippen molar-refractivity contribution in [3.63, 3.8) is 0 Å². The molecule has 1 N–H and O–H groups in total. The Bertz CT molecular complexity index is 308. The molecule has 0 bridgehead atoms. The SMILES string of the molecule is CCCc1cc[n+](C)c(/C=N/O)c1. The summed E-state index contributed by atoms with van der Waals surface area (Å²) in [5.74, 6) is 0. The van der Waals surface area contributed by atoms with Gasteiger partial charge in [0.15, 0.2) is 6.20 Å². The zero-order chi connectivity index (χ0) is 9.68. The van der Waals surface area contributed by atoms with Crippen LogP contribution >= 0.6 is 0 Å². The van der Waals surface area contributed by atoms with Gasteiger partial charge >= 0.3 is 0 Å². The molecule has 0 aliphatic heterocycles. The molecule has 1 aromatic rings. The lowest BCUT2D eigenvalue weighted by atomic mass is 10.1. The first-order valence-corrected chi connectivity index (χ1v) is 4.44. The zero-order valence-electron chi connectivity index (χ0n) is 8.07. The first-order valence-electron chi connectivity index (χ1n) is 4.44. The van der Waals surface area contributed by atoms with E-state index in [9.17, 15) is 0 Å². The van der Waals surface area contributed by atoms with Crippen molar-refractivity contribution in [2.45, 2.75) is 19.8 Å². The summed E-state index contributed by atoms with van der Waals surface area (Å²) < 4.78 is 1.92. The summed E-state index contributed by atoms with van der Waals surface area (Å²) in [7, 11) is 1.92. The highest BCUT2D eigenvalue weighted by Gasteiger charge is 2.04. The average molecular weight is 179 g/mol. The molecule has 13 heavy (non-hydrogen) atoms. The fraction of sp³-hybridized carbons (Fsp3) is 0.400. The molecule has 0 amide bonds. The van der Waals surface area contributed by atoms with Gasteiger partial charge in [0.25, 0.3) is 0 Å². The summed E-state index contributed by atoms with van der Waals surface area (Å²) in [5.41, 5.74) is 2.18. The maximum Gasteiger partial charge on any atom is 0.227 e. The summed E-state index contributed by atoms with van der Waals surface area (Å²) in [6, 6.07) is 4.11. The van der Waals surface area contributed by atoms with Gasteiger partial charge in [-0.2, -0.15) is 0 Å². The van der Waals surface area contributed by atoms with Gasteiger partial charge < -0.3 is 5.21 Å². The first-order chi connectivity index (χ1) is 6.27. The van der Waals surface area contributed by atoms with Crippen molar-refractivity contribution in [2.75, 3.05) is 0 Å². The second-order valence-corrected chi connectivity index (χ2v) is 3.07. The van der Waals surface area contributed by atoms with Crippen molar-refractivity contribution in [2.24, 2.45) is 12.2 Å². The van der Waals surface area contributed by atoms with Gasteiger partial charge in [0.05, 0.1) is 0 Å². The molecule has 0 aliphatic rings. The van der Waals surface area contributed by atoms with Crippen LogP contribution in [-0.4, -0.2) is 11.4 Å². The van der Waals surface area contributed by atoms with Gasteiger partial charge in [-0.15, -0.1) is 0 Å². The molecule has 1 aromatic heterocycles. The molecule has 0 spiro atoms. The Morgan fingerprint density at radius 3 is 3.00 bits per heavy atom. The summed E-state index contributed by atoms with van der Waals surface area (Å²) in [5, 5.41) is 11.4. The van der Waals surface area contributed by atoms with E-state index < -0.39 is 0 Å². The molecule has 1 rings (SSSR count). The van der Waals surface area contributed by atoms with Crippen molar-refractivity contribution in [3.05, 3.63) is 29.6 Å². The van der Waals surface area contributed by atoms with Crippen molar-refractivity contribution in [1.82, 2.24) is 0 Å². The minimum atomic E-state index is 0.911. The van der Waals surface area contributed by atoms with Crippen LogP contribution in [0.15, 0.2) is 23.5 Å².